The summed E-state index contributed by atoms with van der Waals surface area (Å²) in [5.41, 5.74) is 2.96. The number of hydrogen-bond acceptors (Lipinski definition) is 5. The summed E-state index contributed by atoms with van der Waals surface area (Å²) in [6.45, 7) is 4.80. The number of hydrogen-bond donors (Lipinski definition) is 2. The van der Waals surface area contributed by atoms with Crippen molar-refractivity contribution in [1.29, 1.82) is 0 Å². The van der Waals surface area contributed by atoms with Crippen molar-refractivity contribution in [2.45, 2.75) is 37.5 Å². The number of ether oxygens (including phenoxy) is 2. The Balaban J connectivity index is 1.62. The predicted molar refractivity (Wildman–Crippen MR) is 64.4 cm³/mol. The van der Waals surface area contributed by atoms with E-state index in [0.717, 1.165) is 32.8 Å². The number of fused-ring (bicyclic) bond motifs is 1. The van der Waals surface area contributed by atoms with Gasteiger partial charge < -0.3 is 9.47 Å². The van der Waals surface area contributed by atoms with Crippen LogP contribution in [-0.4, -0.2) is 56.0 Å². The van der Waals surface area contributed by atoms with E-state index >= 15 is 0 Å². The fourth-order valence-corrected chi connectivity index (χ4v) is 3.44. The fourth-order valence-electron chi connectivity index (χ4n) is 3.44. The van der Waals surface area contributed by atoms with Gasteiger partial charge in [0.1, 0.15) is 0 Å². The Bertz CT molecular complexity index is 258. The van der Waals surface area contributed by atoms with E-state index in [0.29, 0.717) is 12.0 Å². The van der Waals surface area contributed by atoms with Crippen LogP contribution in [0.3, 0.4) is 0 Å². The molecule has 3 heterocycles. The van der Waals surface area contributed by atoms with Crippen LogP contribution in [0.2, 0.25) is 0 Å². The van der Waals surface area contributed by atoms with Crippen molar-refractivity contribution < 1.29 is 9.47 Å². The van der Waals surface area contributed by atoms with Crippen molar-refractivity contribution in [1.82, 2.24) is 10.3 Å². The Labute approximate surface area is 103 Å². The van der Waals surface area contributed by atoms with E-state index in [2.05, 4.69) is 10.3 Å². The number of morpholine rings is 1. The summed E-state index contributed by atoms with van der Waals surface area (Å²) in [6, 6.07) is 0.892. The van der Waals surface area contributed by atoms with E-state index < -0.39 is 0 Å². The van der Waals surface area contributed by atoms with E-state index in [1.54, 1.807) is 0 Å². The lowest BCUT2D eigenvalue weighted by atomic mass is 9.93. The molecule has 5 heteroatoms. The minimum Gasteiger partial charge on any atom is -0.381 e. The van der Waals surface area contributed by atoms with Gasteiger partial charge in [-0.3, -0.25) is 16.2 Å². The minimum atomic E-state index is 0.223. The molecule has 3 saturated heterocycles. The van der Waals surface area contributed by atoms with Gasteiger partial charge in [-0.25, -0.2) is 0 Å². The number of nitrogens with two attached hydrogens (primary N) is 1. The Kier molecular flexibility index (Phi) is 3.63. The maximum atomic E-state index is 6.02. The predicted octanol–water partition coefficient (Wildman–Crippen LogP) is -0.282. The first-order chi connectivity index (χ1) is 8.38. The monoisotopic (exact) mass is 241 g/mol. The van der Waals surface area contributed by atoms with Crippen molar-refractivity contribution in [2.24, 2.45) is 11.8 Å². The van der Waals surface area contributed by atoms with Gasteiger partial charge in [0.15, 0.2) is 0 Å². The molecular formula is C12H23N3O2. The van der Waals surface area contributed by atoms with Gasteiger partial charge in [-0.2, -0.15) is 0 Å². The topological polar surface area (TPSA) is 59.8 Å². The van der Waals surface area contributed by atoms with Crippen LogP contribution >= 0.6 is 0 Å². The van der Waals surface area contributed by atoms with Crippen LogP contribution < -0.4 is 11.3 Å². The van der Waals surface area contributed by atoms with Gasteiger partial charge in [0.05, 0.1) is 25.4 Å². The lowest BCUT2D eigenvalue weighted by Gasteiger charge is -2.40. The highest BCUT2D eigenvalue weighted by molar-refractivity contribution is 4.92. The average molecular weight is 241 g/mol. The van der Waals surface area contributed by atoms with Crippen molar-refractivity contribution >= 4 is 0 Å². The molecule has 0 aromatic heterocycles. The molecule has 5 nitrogen and oxygen atoms in total. The standard InChI is InChI=1S/C12H23N3O2/c13-14-12(9-3-5-16-7-9)11-6-15-4-1-2-10(15)8-17-11/h9-12,14H,1-8,13H2. The van der Waals surface area contributed by atoms with E-state index in [-0.39, 0.29) is 12.1 Å². The largest absolute Gasteiger partial charge is 0.381 e. The summed E-state index contributed by atoms with van der Waals surface area (Å²) < 4.78 is 11.5. The molecule has 3 fully saturated rings. The molecule has 0 aromatic rings. The zero-order valence-electron chi connectivity index (χ0n) is 10.3. The van der Waals surface area contributed by atoms with E-state index in [4.69, 9.17) is 15.3 Å². The first kappa shape index (κ1) is 11.9. The molecule has 0 saturated carbocycles. The first-order valence-electron chi connectivity index (χ1n) is 6.78. The SMILES string of the molecule is NNC(C1CCOC1)C1CN2CCCC2CO1. The third kappa shape index (κ3) is 2.35. The quantitative estimate of drug-likeness (QED) is 0.525. The molecule has 0 aromatic carbocycles. The summed E-state index contributed by atoms with van der Waals surface area (Å²) in [4.78, 5) is 2.56. The van der Waals surface area contributed by atoms with Gasteiger partial charge in [0.2, 0.25) is 0 Å². The minimum absolute atomic E-state index is 0.223. The molecule has 3 N–H and O–H groups in total. The summed E-state index contributed by atoms with van der Waals surface area (Å²) >= 11 is 0. The van der Waals surface area contributed by atoms with Gasteiger partial charge in [0.25, 0.3) is 0 Å². The van der Waals surface area contributed by atoms with Crippen LogP contribution in [0.4, 0.5) is 0 Å². The van der Waals surface area contributed by atoms with Crippen LogP contribution in [-0.2, 0) is 9.47 Å². The Hall–Kier alpha value is -0.200. The Morgan fingerprint density at radius 3 is 3.00 bits per heavy atom. The number of rotatable bonds is 3. The molecule has 3 aliphatic rings. The molecule has 0 bridgehead atoms. The van der Waals surface area contributed by atoms with Crippen molar-refractivity contribution in [2.75, 3.05) is 32.9 Å². The maximum absolute atomic E-state index is 6.02. The molecular weight excluding hydrogens is 218 g/mol. The zero-order chi connectivity index (χ0) is 11.7. The van der Waals surface area contributed by atoms with Gasteiger partial charge in [-0.05, 0) is 25.8 Å². The molecule has 17 heavy (non-hydrogen) atoms. The molecule has 0 aliphatic carbocycles. The average Bonchev–Trinajstić information content (AvgIpc) is 2.99. The number of hydrazine groups is 1. The van der Waals surface area contributed by atoms with Gasteiger partial charge in [-0.1, -0.05) is 0 Å². The highest BCUT2D eigenvalue weighted by atomic mass is 16.5. The second-order valence-corrected chi connectivity index (χ2v) is 5.48. The summed E-state index contributed by atoms with van der Waals surface area (Å²) in [7, 11) is 0. The summed E-state index contributed by atoms with van der Waals surface area (Å²) in [5.74, 6) is 6.22. The van der Waals surface area contributed by atoms with Gasteiger partial charge in [-0.15, -0.1) is 0 Å². The van der Waals surface area contributed by atoms with Crippen LogP contribution in [0, 0.1) is 5.92 Å². The van der Waals surface area contributed by atoms with E-state index in [1.807, 2.05) is 0 Å². The Morgan fingerprint density at radius 1 is 1.29 bits per heavy atom. The third-order valence-electron chi connectivity index (χ3n) is 4.48. The molecule has 0 radical (unpaired) electrons. The zero-order valence-corrected chi connectivity index (χ0v) is 10.3. The molecule has 3 aliphatic heterocycles. The molecule has 0 amide bonds. The smallest absolute Gasteiger partial charge is 0.0872 e. The third-order valence-corrected chi connectivity index (χ3v) is 4.48. The second kappa shape index (κ2) is 5.20. The van der Waals surface area contributed by atoms with Gasteiger partial charge in [0, 0.05) is 25.1 Å². The molecule has 4 unspecified atom stereocenters. The highest BCUT2D eigenvalue weighted by Crippen LogP contribution is 2.27. The first-order valence-corrected chi connectivity index (χ1v) is 6.78. The fraction of sp³-hybridized carbons (Fsp3) is 1.00. The van der Waals surface area contributed by atoms with Crippen LogP contribution in [0.1, 0.15) is 19.3 Å². The summed E-state index contributed by atoms with van der Waals surface area (Å²) in [6.07, 6.45) is 3.92. The lowest BCUT2D eigenvalue weighted by molar-refractivity contribution is -0.0737. The maximum Gasteiger partial charge on any atom is 0.0872 e. The van der Waals surface area contributed by atoms with E-state index in [9.17, 15) is 0 Å². The lowest BCUT2D eigenvalue weighted by Crippen LogP contribution is -2.58. The number of nitrogens with zero attached hydrogens (tertiary/aromatic N) is 1. The van der Waals surface area contributed by atoms with Crippen molar-refractivity contribution in [3.8, 4) is 0 Å². The van der Waals surface area contributed by atoms with Crippen LogP contribution in [0.5, 0.6) is 0 Å². The molecule has 98 valence electrons. The second-order valence-electron chi connectivity index (χ2n) is 5.48. The van der Waals surface area contributed by atoms with Crippen molar-refractivity contribution in [3.05, 3.63) is 0 Å². The molecule has 4 atom stereocenters. The van der Waals surface area contributed by atoms with Crippen molar-refractivity contribution in [3.63, 3.8) is 0 Å². The summed E-state index contributed by atoms with van der Waals surface area (Å²) in [5, 5.41) is 0. The van der Waals surface area contributed by atoms with Crippen LogP contribution in [0.25, 0.3) is 0 Å². The Morgan fingerprint density at radius 2 is 2.24 bits per heavy atom. The molecule has 0 spiro atoms. The van der Waals surface area contributed by atoms with E-state index in [1.165, 1.54) is 19.4 Å². The highest BCUT2D eigenvalue weighted by Gasteiger charge is 2.39. The molecule has 3 rings (SSSR count). The number of nitrogens with one attached hydrogen (secondary N) is 1. The van der Waals surface area contributed by atoms with Gasteiger partial charge >= 0.3 is 0 Å². The normalized spacial score (nSPS) is 40.4. The van der Waals surface area contributed by atoms with Crippen LogP contribution in [0.15, 0.2) is 0 Å².